The summed E-state index contributed by atoms with van der Waals surface area (Å²) in [5.74, 6) is -0.205. The predicted octanol–water partition coefficient (Wildman–Crippen LogP) is 0.694. The van der Waals surface area contributed by atoms with Crippen LogP contribution < -0.4 is 5.73 Å². The number of ether oxygens (including phenoxy) is 2. The molecule has 0 aromatic rings. The summed E-state index contributed by atoms with van der Waals surface area (Å²) >= 11 is 0. The highest BCUT2D eigenvalue weighted by Crippen LogP contribution is 2.24. The van der Waals surface area contributed by atoms with E-state index in [0.29, 0.717) is 13.2 Å². The van der Waals surface area contributed by atoms with Crippen molar-refractivity contribution in [2.75, 3.05) is 20.3 Å². The minimum absolute atomic E-state index is 0.00456. The standard InChI is InChI=1S/C10H19NO3/c1-13-6-3-7-14-10(12)8-4-2-5-9(8)11/h8-9H,2-7,11H2,1H3. The van der Waals surface area contributed by atoms with E-state index < -0.39 is 0 Å². The van der Waals surface area contributed by atoms with Crippen molar-refractivity contribution >= 4 is 5.97 Å². The summed E-state index contributed by atoms with van der Waals surface area (Å²) in [4.78, 5) is 11.5. The summed E-state index contributed by atoms with van der Waals surface area (Å²) in [5.41, 5.74) is 5.78. The van der Waals surface area contributed by atoms with Gasteiger partial charge in [0, 0.05) is 26.2 Å². The van der Waals surface area contributed by atoms with Crippen molar-refractivity contribution in [2.45, 2.75) is 31.7 Å². The highest BCUT2D eigenvalue weighted by Gasteiger charge is 2.31. The summed E-state index contributed by atoms with van der Waals surface area (Å²) in [6.45, 7) is 1.07. The van der Waals surface area contributed by atoms with E-state index in [1.54, 1.807) is 7.11 Å². The van der Waals surface area contributed by atoms with Crippen LogP contribution in [0.15, 0.2) is 0 Å². The molecule has 0 spiro atoms. The Morgan fingerprint density at radius 2 is 2.21 bits per heavy atom. The lowest BCUT2D eigenvalue weighted by Crippen LogP contribution is -2.32. The van der Waals surface area contributed by atoms with Crippen LogP contribution in [0.2, 0.25) is 0 Å². The molecule has 0 aromatic carbocycles. The zero-order chi connectivity index (χ0) is 10.4. The fraction of sp³-hybridized carbons (Fsp3) is 0.900. The van der Waals surface area contributed by atoms with Gasteiger partial charge in [0.25, 0.3) is 0 Å². The SMILES string of the molecule is COCCCOC(=O)C1CCCC1N. The van der Waals surface area contributed by atoms with Gasteiger partial charge in [-0.15, -0.1) is 0 Å². The summed E-state index contributed by atoms with van der Waals surface area (Å²) < 4.78 is 9.95. The smallest absolute Gasteiger partial charge is 0.310 e. The maximum absolute atomic E-state index is 11.5. The highest BCUT2D eigenvalue weighted by molar-refractivity contribution is 5.73. The topological polar surface area (TPSA) is 61.5 Å². The molecule has 0 radical (unpaired) electrons. The molecule has 0 bridgehead atoms. The molecule has 2 unspecified atom stereocenters. The van der Waals surface area contributed by atoms with E-state index in [1.165, 1.54) is 0 Å². The summed E-state index contributed by atoms with van der Waals surface area (Å²) in [6, 6.07) is 0.00456. The maximum atomic E-state index is 11.5. The molecule has 1 fully saturated rings. The minimum atomic E-state index is -0.133. The normalized spacial score (nSPS) is 26.4. The molecule has 0 aliphatic heterocycles. The molecular formula is C10H19NO3. The van der Waals surface area contributed by atoms with Crippen molar-refractivity contribution in [2.24, 2.45) is 11.7 Å². The number of carbonyl (C=O) groups excluding carboxylic acids is 1. The van der Waals surface area contributed by atoms with Gasteiger partial charge in [-0.1, -0.05) is 6.42 Å². The van der Waals surface area contributed by atoms with Gasteiger partial charge in [0.2, 0.25) is 0 Å². The van der Waals surface area contributed by atoms with E-state index in [-0.39, 0.29) is 17.9 Å². The molecule has 2 N–H and O–H groups in total. The first-order chi connectivity index (χ1) is 6.75. The third-order valence-electron chi connectivity index (χ3n) is 2.61. The van der Waals surface area contributed by atoms with Crippen molar-refractivity contribution in [3.8, 4) is 0 Å². The number of carbonyl (C=O) groups is 1. The van der Waals surface area contributed by atoms with E-state index in [0.717, 1.165) is 25.7 Å². The van der Waals surface area contributed by atoms with Crippen LogP contribution in [-0.2, 0) is 14.3 Å². The van der Waals surface area contributed by atoms with Crippen LogP contribution in [0.4, 0.5) is 0 Å². The van der Waals surface area contributed by atoms with Crippen LogP contribution in [0.5, 0.6) is 0 Å². The van der Waals surface area contributed by atoms with Crippen LogP contribution in [0.1, 0.15) is 25.7 Å². The van der Waals surface area contributed by atoms with Crippen molar-refractivity contribution in [1.82, 2.24) is 0 Å². The van der Waals surface area contributed by atoms with Crippen LogP contribution >= 0.6 is 0 Å². The maximum Gasteiger partial charge on any atom is 0.310 e. The van der Waals surface area contributed by atoms with Gasteiger partial charge in [-0.3, -0.25) is 4.79 Å². The molecule has 1 saturated carbocycles. The fourth-order valence-electron chi connectivity index (χ4n) is 1.76. The van der Waals surface area contributed by atoms with Gasteiger partial charge in [-0.2, -0.15) is 0 Å². The molecule has 14 heavy (non-hydrogen) atoms. The molecule has 0 saturated heterocycles. The number of hydrogen-bond acceptors (Lipinski definition) is 4. The lowest BCUT2D eigenvalue weighted by Gasteiger charge is -2.13. The van der Waals surface area contributed by atoms with Crippen LogP contribution in [0.25, 0.3) is 0 Å². The molecule has 1 rings (SSSR count). The van der Waals surface area contributed by atoms with E-state index in [4.69, 9.17) is 15.2 Å². The van der Waals surface area contributed by atoms with Crippen LogP contribution in [0, 0.1) is 5.92 Å². The van der Waals surface area contributed by atoms with Crippen LogP contribution in [0.3, 0.4) is 0 Å². The number of hydrogen-bond donors (Lipinski definition) is 1. The number of nitrogens with two attached hydrogens (primary N) is 1. The van der Waals surface area contributed by atoms with E-state index in [9.17, 15) is 4.79 Å². The summed E-state index contributed by atoms with van der Waals surface area (Å²) in [6.07, 6.45) is 3.62. The number of methoxy groups -OCH3 is 1. The molecule has 1 aliphatic rings. The molecule has 0 heterocycles. The average molecular weight is 201 g/mol. The second kappa shape index (κ2) is 5.98. The quantitative estimate of drug-likeness (QED) is 0.525. The Kier molecular flexibility index (Phi) is 4.90. The Morgan fingerprint density at radius 3 is 2.79 bits per heavy atom. The van der Waals surface area contributed by atoms with Gasteiger partial charge in [0.15, 0.2) is 0 Å². The Labute approximate surface area is 84.7 Å². The number of rotatable bonds is 5. The minimum Gasteiger partial charge on any atom is -0.465 e. The zero-order valence-electron chi connectivity index (χ0n) is 8.70. The molecule has 0 aromatic heterocycles. The first kappa shape index (κ1) is 11.5. The third-order valence-corrected chi connectivity index (χ3v) is 2.61. The first-order valence-electron chi connectivity index (χ1n) is 5.17. The van der Waals surface area contributed by atoms with Gasteiger partial charge in [-0.05, 0) is 12.8 Å². The highest BCUT2D eigenvalue weighted by atomic mass is 16.5. The molecule has 82 valence electrons. The average Bonchev–Trinajstić information content (AvgIpc) is 2.59. The Bertz CT molecular complexity index is 184. The molecule has 4 heteroatoms. The van der Waals surface area contributed by atoms with Gasteiger partial charge in [0.05, 0.1) is 12.5 Å². The zero-order valence-corrected chi connectivity index (χ0v) is 8.70. The van der Waals surface area contributed by atoms with Gasteiger partial charge >= 0.3 is 5.97 Å². The third kappa shape index (κ3) is 3.27. The Hall–Kier alpha value is -0.610. The largest absolute Gasteiger partial charge is 0.465 e. The fourth-order valence-corrected chi connectivity index (χ4v) is 1.76. The molecular weight excluding hydrogens is 182 g/mol. The lowest BCUT2D eigenvalue weighted by molar-refractivity contribution is -0.149. The monoisotopic (exact) mass is 201 g/mol. The van der Waals surface area contributed by atoms with Crippen LogP contribution in [-0.4, -0.2) is 32.3 Å². The second-order valence-electron chi connectivity index (χ2n) is 3.72. The van der Waals surface area contributed by atoms with E-state index in [2.05, 4.69) is 0 Å². The van der Waals surface area contributed by atoms with Crippen molar-refractivity contribution in [1.29, 1.82) is 0 Å². The first-order valence-corrected chi connectivity index (χ1v) is 5.17. The number of esters is 1. The van der Waals surface area contributed by atoms with E-state index in [1.807, 2.05) is 0 Å². The van der Waals surface area contributed by atoms with Crippen molar-refractivity contribution in [3.05, 3.63) is 0 Å². The Balaban J connectivity index is 2.14. The summed E-state index contributed by atoms with van der Waals surface area (Å²) in [7, 11) is 1.63. The Morgan fingerprint density at radius 1 is 1.43 bits per heavy atom. The van der Waals surface area contributed by atoms with Crippen molar-refractivity contribution in [3.63, 3.8) is 0 Å². The lowest BCUT2D eigenvalue weighted by atomic mass is 10.1. The second-order valence-corrected chi connectivity index (χ2v) is 3.72. The van der Waals surface area contributed by atoms with Crippen molar-refractivity contribution < 1.29 is 14.3 Å². The molecule has 2 atom stereocenters. The molecule has 1 aliphatic carbocycles. The van der Waals surface area contributed by atoms with Gasteiger partial charge in [0.1, 0.15) is 0 Å². The van der Waals surface area contributed by atoms with E-state index >= 15 is 0 Å². The van der Waals surface area contributed by atoms with Gasteiger partial charge < -0.3 is 15.2 Å². The predicted molar refractivity (Wildman–Crippen MR) is 52.8 cm³/mol. The van der Waals surface area contributed by atoms with Gasteiger partial charge in [-0.25, -0.2) is 0 Å². The molecule has 0 amide bonds. The molecule has 4 nitrogen and oxygen atoms in total. The summed E-state index contributed by atoms with van der Waals surface area (Å²) in [5, 5.41) is 0.